The third-order valence-electron chi connectivity index (χ3n) is 3.34. The van der Waals surface area contributed by atoms with Crippen LogP contribution in [0.3, 0.4) is 0 Å². The molecular weight excluding hydrogens is 322 g/mol. The van der Waals surface area contributed by atoms with E-state index in [0.29, 0.717) is 24.0 Å². The van der Waals surface area contributed by atoms with Crippen LogP contribution < -0.4 is 20.7 Å². The molecule has 3 N–H and O–H groups in total. The van der Waals surface area contributed by atoms with Gasteiger partial charge in [0.15, 0.2) is 5.11 Å². The number of hydrogen-bond acceptors (Lipinski definition) is 3. The molecule has 0 saturated heterocycles. The van der Waals surface area contributed by atoms with E-state index in [0.717, 1.165) is 16.8 Å². The second kappa shape index (κ2) is 8.88. The summed E-state index contributed by atoms with van der Waals surface area (Å²) in [6.07, 6.45) is 0. The first-order valence-electron chi connectivity index (χ1n) is 7.63. The van der Waals surface area contributed by atoms with Gasteiger partial charge >= 0.3 is 0 Å². The van der Waals surface area contributed by atoms with Gasteiger partial charge in [-0.05, 0) is 35.5 Å². The summed E-state index contributed by atoms with van der Waals surface area (Å²) in [5.41, 5.74) is 2.98. The van der Waals surface area contributed by atoms with Gasteiger partial charge in [0, 0.05) is 20.0 Å². The van der Waals surface area contributed by atoms with E-state index in [9.17, 15) is 4.79 Å². The molecule has 126 valence electrons. The maximum atomic E-state index is 10.8. The van der Waals surface area contributed by atoms with Crippen molar-refractivity contribution in [3.63, 3.8) is 0 Å². The first-order chi connectivity index (χ1) is 11.6. The zero-order valence-corrected chi connectivity index (χ0v) is 14.6. The Balaban J connectivity index is 2.05. The minimum atomic E-state index is -0.0621. The van der Waals surface area contributed by atoms with Crippen molar-refractivity contribution in [2.45, 2.75) is 6.92 Å². The topological polar surface area (TPSA) is 62.4 Å². The molecule has 2 aromatic rings. The van der Waals surface area contributed by atoms with Gasteiger partial charge in [-0.2, -0.15) is 0 Å². The average Bonchev–Trinajstić information content (AvgIpc) is 2.59. The van der Waals surface area contributed by atoms with Crippen LogP contribution in [0.2, 0.25) is 0 Å². The summed E-state index contributed by atoms with van der Waals surface area (Å²) >= 11 is 5.29. The number of nitrogens with one attached hydrogen (secondary N) is 3. The molecular formula is C18H21N3O2S. The largest absolute Gasteiger partial charge is 0.495 e. The minimum absolute atomic E-state index is 0.0621. The molecule has 0 atom stereocenters. The predicted octanol–water partition coefficient (Wildman–Crippen LogP) is 2.78. The van der Waals surface area contributed by atoms with Crippen molar-refractivity contribution in [3.05, 3.63) is 48.5 Å². The number of hydrogen-bond donors (Lipinski definition) is 3. The Morgan fingerprint density at radius 1 is 1.04 bits per heavy atom. The fourth-order valence-corrected chi connectivity index (χ4v) is 2.41. The van der Waals surface area contributed by atoms with Gasteiger partial charge in [0.25, 0.3) is 0 Å². The summed E-state index contributed by atoms with van der Waals surface area (Å²) in [6.45, 7) is 2.54. The number of methoxy groups -OCH3 is 1. The van der Waals surface area contributed by atoms with Crippen molar-refractivity contribution in [1.82, 2.24) is 10.6 Å². The number of anilines is 1. The molecule has 0 unspecified atom stereocenters. The fraction of sp³-hybridized carbons (Fsp3) is 0.222. The number of ether oxygens (including phenoxy) is 1. The van der Waals surface area contributed by atoms with Gasteiger partial charge in [-0.1, -0.05) is 36.4 Å². The Labute approximate surface area is 147 Å². The third kappa shape index (κ3) is 5.24. The maximum absolute atomic E-state index is 10.8. The van der Waals surface area contributed by atoms with Crippen LogP contribution in [-0.2, 0) is 4.79 Å². The smallest absolute Gasteiger partial charge is 0.216 e. The summed E-state index contributed by atoms with van der Waals surface area (Å²) in [6, 6.07) is 16.0. The Bertz CT molecular complexity index is 705. The summed E-state index contributed by atoms with van der Waals surface area (Å²) < 4.78 is 5.39. The highest BCUT2D eigenvalue weighted by Gasteiger charge is 2.07. The molecule has 0 heterocycles. The number of carbonyl (C=O) groups excluding carboxylic acids is 1. The Morgan fingerprint density at radius 2 is 1.75 bits per heavy atom. The second-order valence-electron chi connectivity index (χ2n) is 5.14. The van der Waals surface area contributed by atoms with E-state index in [4.69, 9.17) is 17.0 Å². The van der Waals surface area contributed by atoms with Gasteiger partial charge in [-0.3, -0.25) is 4.79 Å². The van der Waals surface area contributed by atoms with Gasteiger partial charge in [0.05, 0.1) is 12.8 Å². The van der Waals surface area contributed by atoms with Crippen molar-refractivity contribution < 1.29 is 9.53 Å². The lowest BCUT2D eigenvalue weighted by Gasteiger charge is -2.15. The quantitative estimate of drug-likeness (QED) is 0.556. The molecule has 0 radical (unpaired) electrons. The van der Waals surface area contributed by atoms with E-state index in [1.807, 2.05) is 36.4 Å². The molecule has 0 fully saturated rings. The van der Waals surface area contributed by atoms with Gasteiger partial charge in [0.1, 0.15) is 5.75 Å². The van der Waals surface area contributed by atoms with Crippen molar-refractivity contribution in [2.24, 2.45) is 0 Å². The molecule has 0 bridgehead atoms. The molecule has 0 aliphatic carbocycles. The minimum Gasteiger partial charge on any atom is -0.495 e. The number of amides is 1. The van der Waals surface area contributed by atoms with Crippen molar-refractivity contribution >= 4 is 28.9 Å². The maximum Gasteiger partial charge on any atom is 0.216 e. The molecule has 0 aromatic heterocycles. The Kier molecular flexibility index (Phi) is 6.57. The Morgan fingerprint density at radius 3 is 2.42 bits per heavy atom. The standard InChI is InChI=1S/C18H21N3O2S/c1-13(22)19-10-11-20-18(24)21-16-12-15(8-9-17(16)23-2)14-6-4-3-5-7-14/h3-9,12H,10-11H2,1-2H3,(H,19,22)(H2,20,21,24). The van der Waals surface area contributed by atoms with Gasteiger partial charge in [-0.15, -0.1) is 0 Å². The predicted molar refractivity (Wildman–Crippen MR) is 101 cm³/mol. The molecule has 2 rings (SSSR count). The lowest BCUT2D eigenvalue weighted by Crippen LogP contribution is -2.35. The van der Waals surface area contributed by atoms with E-state index in [-0.39, 0.29) is 5.91 Å². The molecule has 1 amide bonds. The highest BCUT2D eigenvalue weighted by Crippen LogP contribution is 2.30. The summed E-state index contributed by atoms with van der Waals surface area (Å²) in [5, 5.41) is 9.37. The van der Waals surface area contributed by atoms with Crippen LogP contribution in [0.4, 0.5) is 5.69 Å². The zero-order valence-electron chi connectivity index (χ0n) is 13.8. The second-order valence-corrected chi connectivity index (χ2v) is 5.55. The van der Waals surface area contributed by atoms with Crippen LogP contribution in [0.5, 0.6) is 5.75 Å². The first kappa shape index (κ1) is 17.7. The van der Waals surface area contributed by atoms with E-state index >= 15 is 0 Å². The van der Waals surface area contributed by atoms with Gasteiger partial charge < -0.3 is 20.7 Å². The van der Waals surface area contributed by atoms with Crippen molar-refractivity contribution in [2.75, 3.05) is 25.5 Å². The van der Waals surface area contributed by atoms with Crippen molar-refractivity contribution in [1.29, 1.82) is 0 Å². The summed E-state index contributed by atoms with van der Waals surface area (Å²) in [7, 11) is 1.62. The van der Waals surface area contributed by atoms with Crippen LogP contribution >= 0.6 is 12.2 Å². The van der Waals surface area contributed by atoms with Crippen LogP contribution in [0.15, 0.2) is 48.5 Å². The number of rotatable bonds is 6. The summed E-state index contributed by atoms with van der Waals surface area (Å²) in [5.74, 6) is 0.647. The third-order valence-corrected chi connectivity index (χ3v) is 3.59. The van der Waals surface area contributed by atoms with Gasteiger partial charge in [-0.25, -0.2) is 0 Å². The lowest BCUT2D eigenvalue weighted by atomic mass is 10.0. The molecule has 0 saturated carbocycles. The van der Waals surface area contributed by atoms with Crippen LogP contribution in [0.1, 0.15) is 6.92 Å². The molecule has 6 heteroatoms. The fourth-order valence-electron chi connectivity index (χ4n) is 2.20. The SMILES string of the molecule is COc1ccc(-c2ccccc2)cc1NC(=S)NCCNC(C)=O. The van der Waals surface area contributed by atoms with Gasteiger partial charge in [0.2, 0.25) is 5.91 Å². The first-order valence-corrected chi connectivity index (χ1v) is 8.03. The van der Waals surface area contributed by atoms with E-state index in [1.54, 1.807) is 7.11 Å². The monoisotopic (exact) mass is 343 g/mol. The highest BCUT2D eigenvalue weighted by molar-refractivity contribution is 7.80. The lowest BCUT2D eigenvalue weighted by molar-refractivity contribution is -0.118. The summed E-state index contributed by atoms with van der Waals surface area (Å²) in [4.78, 5) is 10.8. The molecule has 0 aliphatic heterocycles. The normalized spacial score (nSPS) is 9.92. The zero-order chi connectivity index (χ0) is 17.4. The van der Waals surface area contributed by atoms with Crippen LogP contribution in [-0.4, -0.2) is 31.2 Å². The molecule has 0 aliphatic rings. The van der Waals surface area contributed by atoms with E-state index in [2.05, 4.69) is 28.1 Å². The van der Waals surface area contributed by atoms with Crippen LogP contribution in [0, 0.1) is 0 Å². The van der Waals surface area contributed by atoms with E-state index < -0.39 is 0 Å². The molecule has 5 nitrogen and oxygen atoms in total. The van der Waals surface area contributed by atoms with Crippen LogP contribution in [0.25, 0.3) is 11.1 Å². The molecule has 2 aromatic carbocycles. The number of carbonyl (C=O) groups is 1. The van der Waals surface area contributed by atoms with E-state index in [1.165, 1.54) is 6.92 Å². The number of thiocarbonyl (C=S) groups is 1. The average molecular weight is 343 g/mol. The molecule has 24 heavy (non-hydrogen) atoms. The Hall–Kier alpha value is -2.60. The number of benzene rings is 2. The van der Waals surface area contributed by atoms with Crippen molar-refractivity contribution in [3.8, 4) is 16.9 Å². The highest BCUT2D eigenvalue weighted by atomic mass is 32.1. The molecule has 0 spiro atoms.